The van der Waals surface area contributed by atoms with E-state index in [4.69, 9.17) is 0 Å². The van der Waals surface area contributed by atoms with Crippen molar-refractivity contribution in [3.05, 3.63) is 22.4 Å². The Bertz CT molecular complexity index is 315. The topological polar surface area (TPSA) is 49.3 Å². The van der Waals surface area contributed by atoms with Gasteiger partial charge in [-0.3, -0.25) is 4.79 Å². The molecule has 0 atom stereocenters. The van der Waals surface area contributed by atoms with Crippen LogP contribution in [0.15, 0.2) is 17.5 Å². The van der Waals surface area contributed by atoms with Gasteiger partial charge in [-0.15, -0.1) is 11.3 Å². The molecule has 0 unspecified atom stereocenters. The van der Waals surface area contributed by atoms with Crippen LogP contribution in [0.2, 0.25) is 0 Å². The van der Waals surface area contributed by atoms with Gasteiger partial charge in [-0.1, -0.05) is 6.07 Å². The summed E-state index contributed by atoms with van der Waals surface area (Å²) in [7, 11) is 0. The van der Waals surface area contributed by atoms with Gasteiger partial charge in [0.25, 0.3) is 5.91 Å². The number of aliphatic hydroxyl groups excluding tert-OH is 1. The molecule has 1 aromatic heterocycles. The molecule has 1 fully saturated rings. The maximum atomic E-state index is 11.7. The zero-order valence-corrected chi connectivity index (χ0v) is 9.30. The lowest BCUT2D eigenvalue weighted by molar-refractivity contribution is 0.0871. The lowest BCUT2D eigenvalue weighted by Crippen LogP contribution is -2.38. The van der Waals surface area contributed by atoms with E-state index in [9.17, 15) is 9.90 Å². The summed E-state index contributed by atoms with van der Waals surface area (Å²) in [5.74, 6) is 0.0198. The van der Waals surface area contributed by atoms with Crippen LogP contribution in [0.1, 0.15) is 35.4 Å². The molecule has 3 nitrogen and oxygen atoms in total. The van der Waals surface area contributed by atoms with Crippen LogP contribution in [0.4, 0.5) is 0 Å². The molecule has 2 rings (SSSR count). The zero-order chi connectivity index (χ0) is 10.7. The highest BCUT2D eigenvalue weighted by Crippen LogP contribution is 2.19. The number of hydrogen-bond acceptors (Lipinski definition) is 3. The van der Waals surface area contributed by atoms with Crippen molar-refractivity contribution in [2.75, 3.05) is 0 Å². The maximum absolute atomic E-state index is 11.7. The van der Waals surface area contributed by atoms with Crippen LogP contribution in [0, 0.1) is 0 Å². The average molecular weight is 225 g/mol. The molecular formula is C11H15NO2S. The lowest BCUT2D eigenvalue weighted by atomic mass is 9.93. The lowest BCUT2D eigenvalue weighted by Gasteiger charge is -2.25. The Balaban J connectivity index is 1.85. The van der Waals surface area contributed by atoms with Crippen molar-refractivity contribution in [1.29, 1.82) is 0 Å². The third-order valence-electron chi connectivity index (χ3n) is 2.78. The molecule has 1 heterocycles. The molecule has 0 bridgehead atoms. The standard InChI is InChI=1S/C11H15NO2S/c13-9-5-3-8(4-6-9)12-11(14)10-2-1-7-15-10/h1-2,7-9,13H,3-6H2,(H,12,14). The number of rotatable bonds is 2. The monoisotopic (exact) mass is 225 g/mol. The molecular weight excluding hydrogens is 210 g/mol. The number of amides is 1. The van der Waals surface area contributed by atoms with E-state index >= 15 is 0 Å². The second-order valence-corrected chi connectivity index (χ2v) is 4.90. The van der Waals surface area contributed by atoms with Gasteiger partial charge in [0.05, 0.1) is 11.0 Å². The van der Waals surface area contributed by atoms with E-state index < -0.39 is 0 Å². The summed E-state index contributed by atoms with van der Waals surface area (Å²) in [5.41, 5.74) is 0. The van der Waals surface area contributed by atoms with Crippen molar-refractivity contribution in [3.8, 4) is 0 Å². The van der Waals surface area contributed by atoms with Crippen molar-refractivity contribution < 1.29 is 9.90 Å². The van der Waals surface area contributed by atoms with Crippen molar-refractivity contribution in [1.82, 2.24) is 5.32 Å². The molecule has 1 aliphatic carbocycles. The first-order valence-electron chi connectivity index (χ1n) is 5.28. The summed E-state index contributed by atoms with van der Waals surface area (Å²) in [4.78, 5) is 12.5. The largest absolute Gasteiger partial charge is 0.393 e. The number of aliphatic hydroxyl groups is 1. The summed E-state index contributed by atoms with van der Waals surface area (Å²) in [6, 6.07) is 3.95. The van der Waals surface area contributed by atoms with Crippen molar-refractivity contribution >= 4 is 17.2 Å². The summed E-state index contributed by atoms with van der Waals surface area (Å²) in [6.45, 7) is 0. The summed E-state index contributed by atoms with van der Waals surface area (Å²) < 4.78 is 0. The molecule has 0 aliphatic heterocycles. The van der Waals surface area contributed by atoms with E-state index in [1.807, 2.05) is 17.5 Å². The fourth-order valence-corrected chi connectivity index (χ4v) is 2.51. The Morgan fingerprint density at radius 1 is 1.40 bits per heavy atom. The molecule has 82 valence electrons. The van der Waals surface area contributed by atoms with E-state index in [1.54, 1.807) is 0 Å². The van der Waals surface area contributed by atoms with Gasteiger partial charge < -0.3 is 10.4 Å². The fourth-order valence-electron chi connectivity index (χ4n) is 1.88. The van der Waals surface area contributed by atoms with E-state index in [-0.39, 0.29) is 18.1 Å². The van der Waals surface area contributed by atoms with Crippen molar-refractivity contribution in [2.45, 2.75) is 37.8 Å². The molecule has 15 heavy (non-hydrogen) atoms. The minimum Gasteiger partial charge on any atom is -0.393 e. The second-order valence-electron chi connectivity index (χ2n) is 3.96. The highest BCUT2D eigenvalue weighted by Gasteiger charge is 2.21. The van der Waals surface area contributed by atoms with E-state index in [0.29, 0.717) is 0 Å². The number of carbonyl (C=O) groups excluding carboxylic acids is 1. The maximum Gasteiger partial charge on any atom is 0.261 e. The number of thiophene rings is 1. The molecule has 2 N–H and O–H groups in total. The van der Waals surface area contributed by atoms with Gasteiger partial charge >= 0.3 is 0 Å². The van der Waals surface area contributed by atoms with Gasteiger partial charge in [0.15, 0.2) is 0 Å². The summed E-state index contributed by atoms with van der Waals surface area (Å²) in [6.07, 6.45) is 3.21. The van der Waals surface area contributed by atoms with Crippen LogP contribution in [0.5, 0.6) is 0 Å². The Morgan fingerprint density at radius 3 is 2.73 bits per heavy atom. The van der Waals surface area contributed by atoms with Crippen LogP contribution >= 0.6 is 11.3 Å². The van der Waals surface area contributed by atoms with Crippen molar-refractivity contribution in [2.24, 2.45) is 0 Å². The van der Waals surface area contributed by atoms with Gasteiger partial charge in [-0.25, -0.2) is 0 Å². The second kappa shape index (κ2) is 4.77. The molecule has 0 aromatic carbocycles. The number of nitrogens with one attached hydrogen (secondary N) is 1. The molecule has 0 spiro atoms. The van der Waals surface area contributed by atoms with Crippen LogP contribution < -0.4 is 5.32 Å². The zero-order valence-electron chi connectivity index (χ0n) is 8.48. The first kappa shape index (κ1) is 10.6. The van der Waals surface area contributed by atoms with Gasteiger partial charge in [0.1, 0.15) is 0 Å². The first-order valence-corrected chi connectivity index (χ1v) is 6.16. The molecule has 1 aliphatic rings. The normalized spacial score (nSPS) is 26.2. The minimum absolute atomic E-state index is 0.0198. The Labute approximate surface area is 93.1 Å². The van der Waals surface area contributed by atoms with E-state index in [2.05, 4.69) is 5.32 Å². The Hall–Kier alpha value is -0.870. The van der Waals surface area contributed by atoms with Crippen LogP contribution in [0.25, 0.3) is 0 Å². The highest BCUT2D eigenvalue weighted by molar-refractivity contribution is 7.12. The minimum atomic E-state index is -0.167. The van der Waals surface area contributed by atoms with Crippen LogP contribution in [0.3, 0.4) is 0 Å². The fraction of sp³-hybridized carbons (Fsp3) is 0.545. The highest BCUT2D eigenvalue weighted by atomic mass is 32.1. The van der Waals surface area contributed by atoms with Crippen molar-refractivity contribution in [3.63, 3.8) is 0 Å². The van der Waals surface area contributed by atoms with Crippen LogP contribution in [-0.2, 0) is 0 Å². The number of hydrogen-bond donors (Lipinski definition) is 2. The Morgan fingerprint density at radius 2 is 2.13 bits per heavy atom. The predicted octanol–water partition coefficient (Wildman–Crippen LogP) is 1.78. The molecule has 1 amide bonds. The molecule has 1 aromatic rings. The Kier molecular flexibility index (Phi) is 3.38. The summed E-state index contributed by atoms with van der Waals surface area (Å²) >= 11 is 1.46. The molecule has 0 radical (unpaired) electrons. The van der Waals surface area contributed by atoms with Crippen LogP contribution in [-0.4, -0.2) is 23.2 Å². The molecule has 1 saturated carbocycles. The summed E-state index contributed by atoms with van der Waals surface area (Å²) in [5, 5.41) is 14.2. The van der Waals surface area contributed by atoms with Gasteiger partial charge in [-0.05, 0) is 37.1 Å². The predicted molar refractivity (Wildman–Crippen MR) is 60.0 cm³/mol. The van der Waals surface area contributed by atoms with Gasteiger partial charge in [-0.2, -0.15) is 0 Å². The third-order valence-corrected chi connectivity index (χ3v) is 3.65. The smallest absolute Gasteiger partial charge is 0.261 e. The van der Waals surface area contributed by atoms with Gasteiger partial charge in [0, 0.05) is 6.04 Å². The van der Waals surface area contributed by atoms with Gasteiger partial charge in [0.2, 0.25) is 0 Å². The first-order chi connectivity index (χ1) is 7.25. The third kappa shape index (κ3) is 2.79. The molecule has 0 saturated heterocycles. The SMILES string of the molecule is O=C(NC1CCC(O)CC1)c1cccs1. The molecule has 4 heteroatoms. The quantitative estimate of drug-likeness (QED) is 0.806. The number of carbonyl (C=O) groups is 1. The average Bonchev–Trinajstić information content (AvgIpc) is 2.74. The van der Waals surface area contributed by atoms with E-state index in [0.717, 1.165) is 30.6 Å². The van der Waals surface area contributed by atoms with E-state index in [1.165, 1.54) is 11.3 Å².